The van der Waals surface area contributed by atoms with Crippen molar-refractivity contribution in [3.63, 3.8) is 0 Å². The molecule has 6 rings (SSSR count). The number of aromatic nitrogens is 1. The SMILES string of the molecule is C[C@@H](O)[C@H](NC(=O)C1CSSCC(NC(=O)C(Cc2ccccc2)NC(=O)CNc2ccc(C[C@H](CN(CC(=O)O)CC(=O)O)N(COO)[C@@H](C)CN(CC(=O)O)CC(=O)O)cc2)C(=O)N[C@@H](Cc2ccc(O)cc2)C(=O)N[C@@H](Cc2c[nH]c3ccccc23)C(=O)N[C@@H](CCCCN)C(=O)N[C@@H]([C@@H](C)O)C(=O)N1)C(=O)O. The topological polar surface area (TPSA) is 573 Å². The van der Waals surface area contributed by atoms with Gasteiger partial charge >= 0.3 is 29.8 Å². The van der Waals surface area contributed by atoms with Gasteiger partial charge < -0.3 is 99.4 Å². The number of amides is 8. The zero-order valence-corrected chi connectivity index (χ0v) is 62.7. The van der Waals surface area contributed by atoms with Crippen LogP contribution in [0.25, 0.3) is 10.9 Å². The quantitative estimate of drug-likeness (QED) is 0.00682. The number of nitrogens with one attached hydrogen (secondary N) is 10. The highest BCUT2D eigenvalue weighted by molar-refractivity contribution is 8.76. The number of nitrogens with two attached hydrogens (primary N) is 1. The molecule has 1 aromatic heterocycles. The molecule has 5 aromatic rings. The molecule has 12 atom stereocenters. The molecule has 604 valence electrons. The molecular weight excluding hydrogens is 1490 g/mol. The van der Waals surface area contributed by atoms with Crippen molar-refractivity contribution in [3.8, 4) is 5.75 Å². The summed E-state index contributed by atoms with van der Waals surface area (Å²) in [6, 6.07) is 12.3. The average Bonchev–Trinajstić information content (AvgIpc) is 1.72. The monoisotopic (exact) mass is 1590 g/mol. The molecule has 1 aliphatic rings. The molecule has 37 nitrogen and oxygen atoms in total. The summed E-state index contributed by atoms with van der Waals surface area (Å²) in [6.45, 7) is -0.464. The van der Waals surface area contributed by atoms with Crippen LogP contribution < -0.4 is 53.6 Å². The number of carbonyl (C=O) groups excluding carboxylic acids is 8. The predicted molar refractivity (Wildman–Crippen MR) is 404 cm³/mol. The number of rotatable bonds is 39. The van der Waals surface area contributed by atoms with Crippen LogP contribution in [0.5, 0.6) is 5.75 Å². The number of benzene rings is 4. The normalized spacial score (nSPS) is 19.3. The van der Waals surface area contributed by atoms with Gasteiger partial charge in [0.15, 0.2) is 6.04 Å². The average molecular weight is 1590 g/mol. The number of nitrogens with zero attached hydrogens (tertiary/aromatic N) is 3. The number of phenols is 1. The lowest BCUT2D eigenvalue weighted by Gasteiger charge is -2.39. The molecule has 3 unspecified atom stereocenters. The van der Waals surface area contributed by atoms with Crippen LogP contribution in [0.2, 0.25) is 0 Å². The van der Waals surface area contributed by atoms with Crippen molar-refractivity contribution in [2.75, 3.05) is 75.9 Å². The number of hydrogen-bond donors (Lipinski definition) is 20. The second-order valence-corrected chi connectivity index (χ2v) is 29.2. The molecule has 0 radical (unpaired) electrons. The summed E-state index contributed by atoms with van der Waals surface area (Å²) in [5.74, 6) is -16.1. The molecule has 0 saturated carbocycles. The third-order valence-corrected chi connectivity index (χ3v) is 20.2. The number of anilines is 1. The number of hydrogen-bond acceptors (Lipinski definition) is 25. The van der Waals surface area contributed by atoms with E-state index < -0.39 is 201 Å². The molecule has 1 fully saturated rings. The number of aromatic hydroxyl groups is 1. The molecule has 1 saturated heterocycles. The highest BCUT2D eigenvalue weighted by atomic mass is 33.1. The first-order valence-electron chi connectivity index (χ1n) is 35.3. The highest BCUT2D eigenvalue weighted by Crippen LogP contribution is 2.26. The summed E-state index contributed by atoms with van der Waals surface area (Å²) in [5.41, 5.74) is 8.78. The van der Waals surface area contributed by atoms with E-state index >= 15 is 14.4 Å². The first-order valence-corrected chi connectivity index (χ1v) is 37.8. The lowest BCUT2D eigenvalue weighted by molar-refractivity contribution is -0.277. The Labute approximate surface area is 645 Å². The van der Waals surface area contributed by atoms with E-state index in [0.717, 1.165) is 45.2 Å². The van der Waals surface area contributed by atoms with E-state index in [2.05, 4.69) is 57.7 Å². The van der Waals surface area contributed by atoms with Gasteiger partial charge in [-0.05, 0) is 106 Å². The second kappa shape index (κ2) is 45.0. The number of unbranched alkanes of at least 4 members (excludes halogenated alkanes) is 1. The van der Waals surface area contributed by atoms with Crippen LogP contribution in [0.3, 0.4) is 0 Å². The zero-order valence-electron chi connectivity index (χ0n) is 61.0. The maximum Gasteiger partial charge on any atom is 0.328 e. The molecular formula is C72H96N14O23S2. The molecule has 1 aliphatic heterocycles. The summed E-state index contributed by atoms with van der Waals surface area (Å²) in [7, 11) is 1.64. The van der Waals surface area contributed by atoms with E-state index in [1.807, 2.05) is 0 Å². The molecule has 8 amide bonds. The van der Waals surface area contributed by atoms with Gasteiger partial charge in [-0.3, -0.25) is 77.5 Å². The van der Waals surface area contributed by atoms with Crippen molar-refractivity contribution in [2.24, 2.45) is 5.73 Å². The van der Waals surface area contributed by atoms with Gasteiger partial charge in [-0.15, -0.1) is 0 Å². The lowest BCUT2D eigenvalue weighted by atomic mass is 10.0. The van der Waals surface area contributed by atoms with Crippen molar-refractivity contribution in [3.05, 3.63) is 132 Å². The summed E-state index contributed by atoms with van der Waals surface area (Å²) in [5, 5.41) is 114. The van der Waals surface area contributed by atoms with Gasteiger partial charge in [-0.1, -0.05) is 94.4 Å². The number of aliphatic carboxylic acids is 5. The zero-order chi connectivity index (χ0) is 81.4. The minimum absolute atomic E-state index is 0.00767. The molecule has 0 aliphatic carbocycles. The van der Waals surface area contributed by atoms with Crippen molar-refractivity contribution >= 4 is 115 Å². The number of aromatic amines is 1. The van der Waals surface area contributed by atoms with Gasteiger partial charge in [0.2, 0.25) is 47.3 Å². The maximum absolute atomic E-state index is 15.3. The summed E-state index contributed by atoms with van der Waals surface area (Å²) < 4.78 is 0. The van der Waals surface area contributed by atoms with Crippen LogP contribution in [-0.4, -0.2) is 286 Å². The van der Waals surface area contributed by atoms with E-state index in [1.54, 1.807) is 92.0 Å². The molecule has 0 spiro atoms. The fourth-order valence-corrected chi connectivity index (χ4v) is 14.5. The summed E-state index contributed by atoms with van der Waals surface area (Å²) >= 11 is 0. The second-order valence-electron chi connectivity index (χ2n) is 26.6. The number of para-hydroxylation sites is 1. The number of carboxylic acid groups (broad SMARTS) is 5. The fraction of sp³-hybridized carbons (Fsp3) is 0.458. The minimum Gasteiger partial charge on any atom is -0.508 e. The van der Waals surface area contributed by atoms with E-state index in [9.17, 15) is 94.1 Å². The molecule has 39 heteroatoms. The van der Waals surface area contributed by atoms with E-state index in [4.69, 9.17) is 5.73 Å². The van der Waals surface area contributed by atoms with E-state index in [1.165, 1.54) is 29.2 Å². The molecule has 21 N–H and O–H groups in total. The van der Waals surface area contributed by atoms with Crippen LogP contribution in [0.1, 0.15) is 62.3 Å². The van der Waals surface area contributed by atoms with E-state index in [-0.39, 0.29) is 63.9 Å². The van der Waals surface area contributed by atoms with E-state index in [0.29, 0.717) is 45.3 Å². The first kappa shape index (κ1) is 89.4. The van der Waals surface area contributed by atoms with Crippen LogP contribution in [0, 0.1) is 0 Å². The Kier molecular flexibility index (Phi) is 36.2. The number of fused-ring (bicyclic) bond motifs is 1. The third kappa shape index (κ3) is 30.0. The summed E-state index contributed by atoms with van der Waals surface area (Å²) in [6.07, 6.45) is -2.02. The number of aliphatic hydroxyl groups excluding tert-OH is 2. The van der Waals surface area contributed by atoms with Gasteiger partial charge in [0.05, 0.1) is 44.9 Å². The molecule has 4 aromatic carbocycles. The largest absolute Gasteiger partial charge is 0.508 e. The smallest absolute Gasteiger partial charge is 0.328 e. The number of phenolic OH excluding ortho intramolecular Hbond substituents is 1. The first-order chi connectivity index (χ1) is 52.8. The third-order valence-electron chi connectivity index (χ3n) is 17.7. The number of aliphatic hydroxyl groups is 2. The Morgan fingerprint density at radius 2 is 1.17 bits per heavy atom. The molecule has 0 bridgehead atoms. The Balaban J connectivity index is 1.36. The van der Waals surface area contributed by atoms with Crippen LogP contribution in [0.15, 0.2) is 109 Å². The van der Waals surface area contributed by atoms with Gasteiger partial charge in [0.25, 0.3) is 0 Å². The van der Waals surface area contributed by atoms with Crippen molar-refractivity contribution in [1.82, 2.24) is 62.2 Å². The Bertz CT molecular complexity index is 3940. The Morgan fingerprint density at radius 3 is 1.77 bits per heavy atom. The van der Waals surface area contributed by atoms with Gasteiger partial charge in [-0.2, -0.15) is 0 Å². The number of carboxylic acids is 5. The predicted octanol–water partition coefficient (Wildman–Crippen LogP) is -1.75. The van der Waals surface area contributed by atoms with Crippen molar-refractivity contribution < 1.29 is 113 Å². The maximum atomic E-state index is 15.3. The van der Waals surface area contributed by atoms with Crippen LogP contribution in [-0.2, 0) is 92.9 Å². The van der Waals surface area contributed by atoms with Gasteiger partial charge in [0.1, 0.15) is 54.8 Å². The number of H-pyrrole nitrogens is 1. The summed E-state index contributed by atoms with van der Waals surface area (Å²) in [4.78, 5) is 189. The van der Waals surface area contributed by atoms with Crippen molar-refractivity contribution in [1.29, 1.82) is 0 Å². The lowest BCUT2D eigenvalue weighted by Crippen LogP contribution is -2.62. The Morgan fingerprint density at radius 1 is 0.613 bits per heavy atom. The van der Waals surface area contributed by atoms with Gasteiger partial charge in [0, 0.05) is 78.7 Å². The highest BCUT2D eigenvalue weighted by Gasteiger charge is 2.39. The number of carbonyl (C=O) groups is 13. The molecule has 111 heavy (non-hydrogen) atoms. The van der Waals surface area contributed by atoms with Crippen LogP contribution >= 0.6 is 21.6 Å². The fourth-order valence-electron chi connectivity index (χ4n) is 12.2. The van der Waals surface area contributed by atoms with Gasteiger partial charge in [-0.25, -0.2) is 9.68 Å². The van der Waals surface area contributed by atoms with Crippen molar-refractivity contribution in [2.45, 2.75) is 138 Å². The minimum atomic E-state index is -1.92. The molecule has 2 heterocycles. The standard InChI is InChI=1S/C72H96N14O23S2/c1-40(31-84(33-59(91)92)34-60(93)94)86(39-109-108)48(32-85(35-61(95)96)36-62(97)98)25-44-16-20-47(21-17-44)74-30-58(90)76-53(26-43-11-5-4-6-12-43)66(100)80-56-37-110-111-38-57(70(104)83-64(42(3)88)72(106)107)81-71(105)63(41(2)87)82-65(99)52(15-9-10-24-73)77-68(102)55(28-46-29-75-51-14-8-7-13-50(46)51)79-67(101)54(78-69(56)103)27-45-18-22-49(89)23-19-45/h4-8,11-14,16-23,29,40-42,48,52-57,63-64,74-75,87-89,108H,9-10,15,24-28,30-39,73H2,1-3H3,(H,76,90)(H,77,102)(H,78,103)(H,79,101)(H,80,100)(H,81,105)(H,82,99)(H,83,104)(H,91,92)(H,93,94)(H,95,96)(H,97,98)(H,106,107)/t40-,41+,42+,48+,52-,53?,54-,55-,56?,57?,63-,64-/m0/s1. The van der Waals surface area contributed by atoms with Crippen LogP contribution in [0.4, 0.5) is 5.69 Å². The Hall–Kier alpha value is -10.5.